The molecule has 0 aromatic heterocycles. The molecule has 2 unspecified atom stereocenters. The summed E-state index contributed by atoms with van der Waals surface area (Å²) in [6, 6.07) is 35.6. The van der Waals surface area contributed by atoms with Crippen LogP contribution in [0.2, 0.25) is 0 Å². The normalized spacial score (nSPS) is 17.2. The van der Waals surface area contributed by atoms with E-state index < -0.39 is 22.9 Å². The van der Waals surface area contributed by atoms with Gasteiger partial charge in [0.25, 0.3) is 0 Å². The molecule has 0 saturated heterocycles. The van der Waals surface area contributed by atoms with E-state index in [-0.39, 0.29) is 24.8 Å². The first-order valence-electron chi connectivity index (χ1n) is 11.7. The monoisotopic (exact) mass is 660 g/mol. The van der Waals surface area contributed by atoms with Crippen molar-refractivity contribution in [2.24, 2.45) is 0 Å². The summed E-state index contributed by atoms with van der Waals surface area (Å²) in [6.45, 7) is 4.73. The largest absolute Gasteiger partial charge is 1.00 e. The van der Waals surface area contributed by atoms with Gasteiger partial charge in [-0.15, -0.1) is 0 Å². The summed E-state index contributed by atoms with van der Waals surface area (Å²) in [6.07, 6.45) is 4.95. The summed E-state index contributed by atoms with van der Waals surface area (Å²) >= 11 is -1.12. The molecule has 35 heavy (non-hydrogen) atoms. The zero-order chi connectivity index (χ0) is 22.4. The molecule has 0 radical (unpaired) electrons. The second-order valence-electron chi connectivity index (χ2n) is 9.16. The molecule has 2 aliphatic carbocycles. The van der Waals surface area contributed by atoms with E-state index in [0.717, 1.165) is 0 Å². The molecule has 3 heteroatoms. The minimum absolute atomic E-state index is 0. The van der Waals surface area contributed by atoms with Crippen molar-refractivity contribution >= 4 is 12.2 Å². The smallest absolute Gasteiger partial charge is 1.00 e. The average molecular weight is 660 g/mol. The van der Waals surface area contributed by atoms with Gasteiger partial charge in [0.15, 0.2) is 0 Å². The van der Waals surface area contributed by atoms with Crippen LogP contribution in [0.15, 0.2) is 108 Å². The van der Waals surface area contributed by atoms with Crippen molar-refractivity contribution < 1.29 is 47.7 Å². The topological polar surface area (TPSA) is 0 Å². The van der Waals surface area contributed by atoms with Gasteiger partial charge >= 0.3 is 209 Å². The van der Waals surface area contributed by atoms with Crippen LogP contribution < -0.4 is 24.8 Å². The number of allylic oxidation sites excluding steroid dienone is 2. The van der Waals surface area contributed by atoms with Crippen molar-refractivity contribution in [2.45, 2.75) is 21.2 Å². The molecule has 0 spiro atoms. The Morgan fingerprint density at radius 3 is 1.29 bits per heavy atom. The van der Waals surface area contributed by atoms with E-state index in [1.165, 1.54) is 33.4 Å². The van der Waals surface area contributed by atoms with Gasteiger partial charge in [-0.2, -0.15) is 0 Å². The van der Waals surface area contributed by atoms with E-state index in [0.29, 0.717) is 7.35 Å². The number of halogens is 2. The third-order valence-electron chi connectivity index (χ3n) is 7.06. The molecule has 0 bridgehead atoms. The Labute approximate surface area is 232 Å². The first kappa shape index (κ1) is 25.9. The fourth-order valence-electron chi connectivity index (χ4n) is 5.45. The molecule has 0 aliphatic heterocycles. The van der Waals surface area contributed by atoms with Gasteiger partial charge in [-0.1, -0.05) is 0 Å². The van der Waals surface area contributed by atoms with Crippen LogP contribution in [0.1, 0.15) is 43.5 Å². The van der Waals surface area contributed by atoms with E-state index in [1.807, 2.05) is 0 Å². The third-order valence-corrected chi connectivity index (χ3v) is 15.0. The predicted octanol–water partition coefficient (Wildman–Crippen LogP) is 2.73. The maximum atomic E-state index is 2.48. The first-order valence-corrected chi connectivity index (χ1v) is 15.8. The Bertz CT molecular complexity index is 1300. The number of fused-ring (bicyclic) bond motifs is 2. The fraction of sp³-hybridized carbons (Fsp3) is 0.125. The number of hydrogen-bond acceptors (Lipinski definition) is 0. The summed E-state index contributed by atoms with van der Waals surface area (Å²) in [5, 5.41) is 0. The van der Waals surface area contributed by atoms with Crippen molar-refractivity contribution in [1.82, 2.24) is 0 Å². The molecule has 4 aromatic rings. The quantitative estimate of drug-likeness (QED) is 0.296. The molecule has 0 heterocycles. The Hall–Kier alpha value is -2.19. The average Bonchev–Trinajstić information content (AvgIpc) is 3.36. The van der Waals surface area contributed by atoms with Crippen LogP contribution in [0.4, 0.5) is 0 Å². The van der Waals surface area contributed by atoms with Gasteiger partial charge in [-0.25, -0.2) is 0 Å². The summed E-state index contributed by atoms with van der Waals surface area (Å²) < 4.78 is 1.31. The first-order chi connectivity index (χ1) is 16.2. The van der Waals surface area contributed by atoms with Gasteiger partial charge in [0.05, 0.1) is 0 Å². The molecule has 0 saturated carbocycles. The summed E-state index contributed by atoms with van der Waals surface area (Å²) in [5.74, 6) is 0. The Morgan fingerprint density at radius 2 is 0.886 bits per heavy atom. The molecular weight excluding hydrogens is 634 g/mol. The summed E-state index contributed by atoms with van der Waals surface area (Å²) in [7, 11) is 0. The fourth-order valence-corrected chi connectivity index (χ4v) is 12.2. The van der Waals surface area contributed by atoms with E-state index >= 15 is 0 Å². The molecule has 0 nitrogen and oxygen atoms in total. The van der Waals surface area contributed by atoms with Crippen LogP contribution in [0, 0.1) is 0 Å². The molecule has 172 valence electrons. The molecule has 0 N–H and O–H groups in total. The van der Waals surface area contributed by atoms with Gasteiger partial charge < -0.3 is 24.8 Å². The van der Waals surface area contributed by atoms with Gasteiger partial charge in [-0.05, 0) is 0 Å². The molecule has 0 amide bonds. The predicted molar refractivity (Wildman–Crippen MR) is 137 cm³/mol. The van der Waals surface area contributed by atoms with Crippen LogP contribution in [-0.4, -0.2) is 0 Å². The van der Waals surface area contributed by atoms with Gasteiger partial charge in [0, 0.05) is 0 Å². The van der Waals surface area contributed by atoms with Crippen LogP contribution >= 0.6 is 0 Å². The molecule has 0 fully saturated rings. The molecule has 4 aromatic carbocycles. The maximum Gasteiger partial charge on any atom is -1.00 e. The van der Waals surface area contributed by atoms with Gasteiger partial charge in [0.1, 0.15) is 0 Å². The Kier molecular flexibility index (Phi) is 8.01. The minimum Gasteiger partial charge on any atom is -1.00 e. The van der Waals surface area contributed by atoms with E-state index in [1.54, 1.807) is 22.3 Å². The Morgan fingerprint density at radius 1 is 0.486 bits per heavy atom. The van der Waals surface area contributed by atoms with Crippen molar-refractivity contribution in [3.63, 3.8) is 0 Å². The second kappa shape index (κ2) is 10.8. The van der Waals surface area contributed by atoms with Crippen molar-refractivity contribution in [3.8, 4) is 22.3 Å². The van der Waals surface area contributed by atoms with E-state index in [2.05, 4.69) is 123 Å². The molecule has 6 rings (SSSR count). The van der Waals surface area contributed by atoms with Crippen LogP contribution in [0.3, 0.4) is 0 Å². The maximum absolute atomic E-state index is 2.48. The number of benzene rings is 4. The zero-order valence-corrected chi connectivity index (χ0v) is 24.9. The molecular formula is C32H26Cl2Hf. The summed E-state index contributed by atoms with van der Waals surface area (Å²) in [5.41, 5.74) is 14.6. The Balaban J connectivity index is 0.00000144. The van der Waals surface area contributed by atoms with Crippen molar-refractivity contribution in [2.75, 3.05) is 0 Å². The minimum atomic E-state index is -1.12. The third kappa shape index (κ3) is 4.67. The standard InChI is InChI=1S/2C16H13.2ClH.Hf/c2*1-12-10-14-8-5-9-15(16(14)11-12)13-6-3-2-4-7-13;;;/h2*2-11H,1H3;2*1H;/q;;;;+2/p-2. The van der Waals surface area contributed by atoms with Gasteiger partial charge in [0.2, 0.25) is 0 Å². The van der Waals surface area contributed by atoms with E-state index in [9.17, 15) is 0 Å². The molecule has 2 aliphatic rings. The van der Waals surface area contributed by atoms with Crippen molar-refractivity contribution in [3.05, 3.63) is 130 Å². The number of hydrogen-bond donors (Lipinski definition) is 0. The zero-order valence-electron chi connectivity index (χ0n) is 19.8. The number of rotatable bonds is 4. The van der Waals surface area contributed by atoms with Crippen LogP contribution in [-0.2, 0) is 22.9 Å². The van der Waals surface area contributed by atoms with Gasteiger partial charge in [-0.3, -0.25) is 0 Å². The SMILES string of the molecule is CC1=Cc2c(-c3ccccc3)cccc2[CH]1[Hf+2][CH]1C(C)=Cc2c(-c3ccccc3)cccc21.[Cl-].[Cl-]. The van der Waals surface area contributed by atoms with Crippen LogP contribution in [0.5, 0.6) is 0 Å². The van der Waals surface area contributed by atoms with Crippen molar-refractivity contribution in [1.29, 1.82) is 0 Å². The van der Waals surface area contributed by atoms with Crippen LogP contribution in [0.25, 0.3) is 34.4 Å². The van der Waals surface area contributed by atoms with E-state index in [4.69, 9.17) is 0 Å². The second-order valence-corrected chi connectivity index (χ2v) is 14.5. The summed E-state index contributed by atoms with van der Waals surface area (Å²) in [4.78, 5) is 0. The molecule has 2 atom stereocenters.